The topological polar surface area (TPSA) is 72.9 Å². The van der Waals surface area contributed by atoms with Gasteiger partial charge in [0.25, 0.3) is 0 Å². The van der Waals surface area contributed by atoms with Crippen LogP contribution in [0.25, 0.3) is 0 Å². The summed E-state index contributed by atoms with van der Waals surface area (Å²) in [4.78, 5) is 18.6. The molecule has 3 rings (SSSR count). The highest BCUT2D eigenvalue weighted by atomic mass is 35.5. The maximum Gasteiger partial charge on any atom is 0.224 e. The van der Waals surface area contributed by atoms with Gasteiger partial charge in [0.1, 0.15) is 12.4 Å². The summed E-state index contributed by atoms with van der Waals surface area (Å²) in [6, 6.07) is 8.56. The molecule has 162 valence electrons. The number of amides is 1. The van der Waals surface area contributed by atoms with E-state index in [4.69, 9.17) is 37.4 Å². The molecule has 0 atom stereocenters. The molecule has 0 aliphatic carbocycles. The molecule has 1 saturated heterocycles. The summed E-state index contributed by atoms with van der Waals surface area (Å²) >= 11 is 11.9. The van der Waals surface area contributed by atoms with E-state index < -0.39 is 0 Å². The van der Waals surface area contributed by atoms with Gasteiger partial charge in [0.15, 0.2) is 0 Å². The minimum absolute atomic E-state index is 0.108. The Labute approximate surface area is 186 Å². The lowest BCUT2D eigenvalue weighted by Gasteiger charge is -2.26. The Balaban J connectivity index is 1.31. The van der Waals surface area contributed by atoms with E-state index in [9.17, 15) is 4.79 Å². The van der Waals surface area contributed by atoms with Crippen LogP contribution in [0.2, 0.25) is 10.0 Å². The number of hydrogen-bond acceptors (Lipinski definition) is 6. The number of halogens is 2. The molecule has 1 aliphatic rings. The molecule has 2 heterocycles. The third kappa shape index (κ3) is 7.65. The number of nitrogens with zero attached hydrogens (tertiary/aromatic N) is 2. The molecule has 0 saturated carbocycles. The molecule has 1 aromatic heterocycles. The smallest absolute Gasteiger partial charge is 0.224 e. The van der Waals surface area contributed by atoms with Crippen molar-refractivity contribution in [1.29, 1.82) is 0 Å². The number of pyridine rings is 1. The lowest BCUT2D eigenvalue weighted by molar-refractivity contribution is -0.116. The van der Waals surface area contributed by atoms with Gasteiger partial charge >= 0.3 is 0 Å². The summed E-state index contributed by atoms with van der Waals surface area (Å²) in [7, 11) is 0. The predicted octanol–water partition coefficient (Wildman–Crippen LogP) is 3.90. The van der Waals surface area contributed by atoms with Crippen LogP contribution in [0.15, 0.2) is 36.5 Å². The fraction of sp³-hybridized carbons (Fsp3) is 0.429. The zero-order valence-corrected chi connectivity index (χ0v) is 18.1. The SMILES string of the molecule is O=C(CCCOc1ccc(Cl)cc1Cl)Nc1ccc(OCCN2CCOCC2)nc1. The zero-order valence-electron chi connectivity index (χ0n) is 16.6. The maximum absolute atomic E-state index is 12.1. The van der Waals surface area contributed by atoms with Crippen LogP contribution in [0, 0.1) is 0 Å². The number of morpholine rings is 1. The van der Waals surface area contributed by atoms with E-state index in [0.29, 0.717) is 53.4 Å². The number of aromatic nitrogens is 1. The average Bonchev–Trinajstić information content (AvgIpc) is 2.74. The Hall–Kier alpha value is -2.06. The molecule has 1 aromatic carbocycles. The number of anilines is 1. The van der Waals surface area contributed by atoms with Gasteiger partial charge in [-0.3, -0.25) is 9.69 Å². The number of rotatable bonds is 10. The fourth-order valence-corrected chi connectivity index (χ4v) is 3.34. The number of carbonyl (C=O) groups excluding carboxylic acids is 1. The van der Waals surface area contributed by atoms with Crippen molar-refractivity contribution >= 4 is 34.8 Å². The van der Waals surface area contributed by atoms with E-state index in [1.807, 2.05) is 0 Å². The lowest BCUT2D eigenvalue weighted by atomic mass is 10.3. The molecule has 1 aliphatic heterocycles. The van der Waals surface area contributed by atoms with Crippen molar-refractivity contribution in [2.24, 2.45) is 0 Å². The van der Waals surface area contributed by atoms with E-state index in [1.54, 1.807) is 36.5 Å². The van der Waals surface area contributed by atoms with Crippen LogP contribution in [0.4, 0.5) is 5.69 Å². The van der Waals surface area contributed by atoms with E-state index in [0.717, 1.165) is 32.8 Å². The largest absolute Gasteiger partial charge is 0.492 e. The van der Waals surface area contributed by atoms with Crippen molar-refractivity contribution in [3.05, 3.63) is 46.6 Å². The molecular formula is C21H25Cl2N3O4. The summed E-state index contributed by atoms with van der Waals surface area (Å²) in [5.74, 6) is 0.980. The summed E-state index contributed by atoms with van der Waals surface area (Å²) < 4.78 is 16.6. The molecule has 2 aromatic rings. The van der Waals surface area contributed by atoms with Gasteiger partial charge in [0.2, 0.25) is 11.8 Å². The van der Waals surface area contributed by atoms with Crippen LogP contribution in [-0.2, 0) is 9.53 Å². The van der Waals surface area contributed by atoms with E-state index in [-0.39, 0.29) is 5.91 Å². The molecule has 30 heavy (non-hydrogen) atoms. The highest BCUT2D eigenvalue weighted by molar-refractivity contribution is 6.35. The molecule has 0 unspecified atom stereocenters. The first-order valence-electron chi connectivity index (χ1n) is 9.87. The van der Waals surface area contributed by atoms with Gasteiger partial charge in [-0.15, -0.1) is 0 Å². The van der Waals surface area contributed by atoms with Gasteiger partial charge < -0.3 is 19.5 Å². The normalized spacial score (nSPS) is 14.3. The summed E-state index contributed by atoms with van der Waals surface area (Å²) in [5.41, 5.74) is 0.627. The molecule has 7 nitrogen and oxygen atoms in total. The van der Waals surface area contributed by atoms with Gasteiger partial charge in [0, 0.05) is 37.1 Å². The van der Waals surface area contributed by atoms with Crippen molar-refractivity contribution in [3.8, 4) is 11.6 Å². The van der Waals surface area contributed by atoms with Crippen LogP contribution in [0.3, 0.4) is 0 Å². The van der Waals surface area contributed by atoms with Crippen LogP contribution < -0.4 is 14.8 Å². The quantitative estimate of drug-likeness (QED) is 0.549. The van der Waals surface area contributed by atoms with E-state index in [1.165, 1.54) is 0 Å². The molecule has 1 N–H and O–H groups in total. The highest BCUT2D eigenvalue weighted by Crippen LogP contribution is 2.27. The second-order valence-electron chi connectivity index (χ2n) is 6.76. The number of nitrogens with one attached hydrogen (secondary N) is 1. The first-order chi connectivity index (χ1) is 14.6. The number of benzene rings is 1. The lowest BCUT2D eigenvalue weighted by Crippen LogP contribution is -2.38. The predicted molar refractivity (Wildman–Crippen MR) is 117 cm³/mol. The third-order valence-corrected chi connectivity index (χ3v) is 5.01. The second-order valence-corrected chi connectivity index (χ2v) is 7.61. The molecular weight excluding hydrogens is 429 g/mol. The minimum Gasteiger partial charge on any atom is -0.492 e. The third-order valence-electron chi connectivity index (χ3n) is 4.48. The first-order valence-corrected chi connectivity index (χ1v) is 10.6. The van der Waals surface area contributed by atoms with Crippen molar-refractivity contribution in [2.45, 2.75) is 12.8 Å². The van der Waals surface area contributed by atoms with Crippen LogP contribution in [0.5, 0.6) is 11.6 Å². The first kappa shape index (κ1) is 22.6. The van der Waals surface area contributed by atoms with Crippen LogP contribution in [-0.4, -0.2) is 61.9 Å². The van der Waals surface area contributed by atoms with E-state index in [2.05, 4.69) is 15.2 Å². The van der Waals surface area contributed by atoms with Gasteiger partial charge in [-0.25, -0.2) is 4.98 Å². The summed E-state index contributed by atoms with van der Waals surface area (Å²) in [6.07, 6.45) is 2.47. The van der Waals surface area contributed by atoms with Crippen molar-refractivity contribution in [3.63, 3.8) is 0 Å². The zero-order chi connectivity index (χ0) is 21.2. The molecule has 1 amide bonds. The fourth-order valence-electron chi connectivity index (χ4n) is 2.87. The second kappa shape index (κ2) is 12.0. The van der Waals surface area contributed by atoms with Crippen LogP contribution >= 0.6 is 23.2 Å². The maximum atomic E-state index is 12.1. The van der Waals surface area contributed by atoms with Crippen molar-refractivity contribution in [1.82, 2.24) is 9.88 Å². The molecule has 0 spiro atoms. The van der Waals surface area contributed by atoms with Gasteiger partial charge in [0.05, 0.1) is 36.7 Å². The summed E-state index contributed by atoms with van der Waals surface area (Å²) in [6.45, 7) is 5.19. The van der Waals surface area contributed by atoms with E-state index >= 15 is 0 Å². The minimum atomic E-state index is -0.108. The Bertz CT molecular complexity index is 814. The van der Waals surface area contributed by atoms with Gasteiger partial charge in [-0.05, 0) is 30.7 Å². The van der Waals surface area contributed by atoms with Crippen molar-refractivity contribution in [2.75, 3.05) is 51.4 Å². The molecule has 0 bridgehead atoms. The number of hydrogen-bond donors (Lipinski definition) is 1. The van der Waals surface area contributed by atoms with Crippen LogP contribution in [0.1, 0.15) is 12.8 Å². The number of ether oxygens (including phenoxy) is 3. The highest BCUT2D eigenvalue weighted by Gasteiger charge is 2.10. The standard InChI is InChI=1S/C21H25Cl2N3O4/c22-16-3-5-19(18(23)14-16)29-10-1-2-20(27)25-17-4-6-21(24-15-17)30-13-9-26-7-11-28-12-8-26/h3-6,14-15H,1-2,7-13H2,(H,25,27). The molecule has 1 fully saturated rings. The van der Waals surface area contributed by atoms with Gasteiger partial charge in [-0.2, -0.15) is 0 Å². The molecule has 0 radical (unpaired) electrons. The summed E-state index contributed by atoms with van der Waals surface area (Å²) in [5, 5.41) is 3.82. The van der Waals surface area contributed by atoms with Crippen molar-refractivity contribution < 1.29 is 19.0 Å². The van der Waals surface area contributed by atoms with Gasteiger partial charge in [-0.1, -0.05) is 23.2 Å². The number of carbonyl (C=O) groups is 1. The Morgan fingerprint density at radius 2 is 1.97 bits per heavy atom. The average molecular weight is 454 g/mol. The monoisotopic (exact) mass is 453 g/mol. The Morgan fingerprint density at radius 3 is 2.70 bits per heavy atom. The Kier molecular flexibility index (Phi) is 9.01. The Morgan fingerprint density at radius 1 is 1.13 bits per heavy atom. The molecule has 9 heteroatoms.